The van der Waals surface area contributed by atoms with Crippen LogP contribution in [0.3, 0.4) is 0 Å². The van der Waals surface area contributed by atoms with Gasteiger partial charge in [-0.3, -0.25) is 9.48 Å². The van der Waals surface area contributed by atoms with Gasteiger partial charge in [0.15, 0.2) is 5.69 Å². The first-order valence-electron chi connectivity index (χ1n) is 12.6. The number of benzene rings is 1. The number of hydrogen-bond donors (Lipinski definition) is 1. The Labute approximate surface area is 207 Å². The molecule has 3 heterocycles. The highest BCUT2D eigenvalue weighted by atomic mass is 32.2. The number of nitrogens with one attached hydrogen (secondary N) is 1. The van der Waals surface area contributed by atoms with E-state index in [0.29, 0.717) is 18.3 Å². The van der Waals surface area contributed by atoms with Crippen molar-refractivity contribution in [1.29, 1.82) is 0 Å². The molecule has 0 radical (unpaired) electrons. The first kappa shape index (κ1) is 23.6. The zero-order chi connectivity index (χ0) is 23.4. The fraction of sp³-hybridized carbons (Fsp3) is 0.556. The molecule has 1 aliphatic carbocycles. The highest BCUT2D eigenvalue weighted by molar-refractivity contribution is 7.99. The lowest BCUT2D eigenvalue weighted by atomic mass is 9.73. The number of carbonyl (C=O) groups is 1. The van der Waals surface area contributed by atoms with Crippen molar-refractivity contribution in [2.24, 2.45) is 0 Å². The highest BCUT2D eigenvalue weighted by Crippen LogP contribution is 2.35. The summed E-state index contributed by atoms with van der Waals surface area (Å²) in [5, 5.41) is 8.72. The van der Waals surface area contributed by atoms with E-state index in [2.05, 4.69) is 42.2 Å². The lowest BCUT2D eigenvalue weighted by molar-refractivity contribution is 0.0486. The molecule has 1 amide bonds. The molecule has 2 fully saturated rings. The molecular weight excluding hydrogens is 444 g/mol. The van der Waals surface area contributed by atoms with E-state index in [1.165, 1.54) is 11.3 Å². The normalized spacial score (nSPS) is 22.2. The van der Waals surface area contributed by atoms with Crippen LogP contribution in [-0.4, -0.2) is 71.0 Å². The second kappa shape index (κ2) is 10.7. The van der Waals surface area contributed by atoms with Crippen LogP contribution in [0.25, 0.3) is 0 Å². The Morgan fingerprint density at radius 1 is 1.24 bits per heavy atom. The van der Waals surface area contributed by atoms with Gasteiger partial charge in [0, 0.05) is 67.1 Å². The number of hydrogen-bond acceptors (Lipinski definition) is 5. The second-order valence-electron chi connectivity index (χ2n) is 9.73. The number of thioether (sulfide) groups is 1. The van der Waals surface area contributed by atoms with Gasteiger partial charge >= 0.3 is 0 Å². The molecule has 7 heteroatoms. The number of fused-ring (bicyclic) bond motifs is 1. The summed E-state index contributed by atoms with van der Waals surface area (Å²) in [4.78, 5) is 15.4. The Kier molecular flexibility index (Phi) is 7.42. The molecule has 6 nitrogen and oxygen atoms in total. The SMILES string of the molecule is C=CCn1nc(C(=O)N2CCSCC2)c2c1CCC(NCC1(c3ccccc3)CCOCC1)C2. The van der Waals surface area contributed by atoms with Gasteiger partial charge in [0.2, 0.25) is 0 Å². The molecule has 0 bridgehead atoms. The van der Waals surface area contributed by atoms with E-state index < -0.39 is 0 Å². The third-order valence-corrected chi connectivity index (χ3v) is 8.66. The molecule has 2 saturated heterocycles. The zero-order valence-corrected chi connectivity index (χ0v) is 20.8. The fourth-order valence-corrected chi connectivity index (χ4v) is 6.59. The Balaban J connectivity index is 1.34. The summed E-state index contributed by atoms with van der Waals surface area (Å²) in [6.45, 7) is 8.75. The van der Waals surface area contributed by atoms with Gasteiger partial charge in [-0.25, -0.2) is 0 Å². The van der Waals surface area contributed by atoms with Crippen molar-refractivity contribution >= 4 is 17.7 Å². The molecule has 3 aliphatic rings. The largest absolute Gasteiger partial charge is 0.381 e. The third kappa shape index (κ3) is 4.83. The van der Waals surface area contributed by atoms with E-state index in [-0.39, 0.29) is 11.3 Å². The molecule has 1 N–H and O–H groups in total. The number of allylic oxidation sites excluding steroid dienone is 1. The Hall–Kier alpha value is -2.09. The molecule has 182 valence electrons. The van der Waals surface area contributed by atoms with Gasteiger partial charge in [0.1, 0.15) is 0 Å². The molecule has 1 aromatic carbocycles. The maximum Gasteiger partial charge on any atom is 0.274 e. The zero-order valence-electron chi connectivity index (χ0n) is 20.0. The summed E-state index contributed by atoms with van der Waals surface area (Å²) >= 11 is 1.92. The van der Waals surface area contributed by atoms with Crippen LogP contribution in [0.2, 0.25) is 0 Å². The van der Waals surface area contributed by atoms with Gasteiger partial charge < -0.3 is 15.0 Å². The summed E-state index contributed by atoms with van der Waals surface area (Å²) in [5.74, 6) is 2.12. The van der Waals surface area contributed by atoms with E-state index in [0.717, 1.165) is 82.0 Å². The molecule has 0 saturated carbocycles. The van der Waals surface area contributed by atoms with Crippen molar-refractivity contribution in [2.45, 2.75) is 50.1 Å². The van der Waals surface area contributed by atoms with Crippen LogP contribution in [0.15, 0.2) is 43.0 Å². The minimum absolute atomic E-state index is 0.102. The topological polar surface area (TPSA) is 59.4 Å². The first-order valence-corrected chi connectivity index (χ1v) is 13.8. The predicted molar refractivity (Wildman–Crippen MR) is 138 cm³/mol. The van der Waals surface area contributed by atoms with Crippen LogP contribution < -0.4 is 5.32 Å². The van der Waals surface area contributed by atoms with Crippen LogP contribution in [0.1, 0.15) is 46.6 Å². The Bertz CT molecular complexity index is 994. The molecule has 5 rings (SSSR count). The molecular formula is C27H36N4O2S. The van der Waals surface area contributed by atoms with Gasteiger partial charge in [-0.1, -0.05) is 36.4 Å². The molecule has 2 aliphatic heterocycles. The van der Waals surface area contributed by atoms with E-state index >= 15 is 0 Å². The molecule has 2 aromatic rings. The minimum atomic E-state index is 0.102. The monoisotopic (exact) mass is 480 g/mol. The number of nitrogens with zero attached hydrogens (tertiary/aromatic N) is 3. The number of amides is 1. The van der Waals surface area contributed by atoms with Crippen LogP contribution in [0.4, 0.5) is 0 Å². The van der Waals surface area contributed by atoms with Crippen molar-refractivity contribution in [1.82, 2.24) is 20.0 Å². The van der Waals surface area contributed by atoms with E-state index in [1.54, 1.807) is 0 Å². The number of carbonyl (C=O) groups excluding carboxylic acids is 1. The second-order valence-corrected chi connectivity index (χ2v) is 11.0. The summed E-state index contributed by atoms with van der Waals surface area (Å²) in [7, 11) is 0. The number of ether oxygens (including phenoxy) is 1. The van der Waals surface area contributed by atoms with Crippen molar-refractivity contribution in [2.75, 3.05) is 44.4 Å². The summed E-state index contributed by atoms with van der Waals surface area (Å²) < 4.78 is 7.73. The lowest BCUT2D eigenvalue weighted by Gasteiger charge is -2.39. The van der Waals surface area contributed by atoms with Gasteiger partial charge in [0.05, 0.1) is 6.54 Å². The van der Waals surface area contributed by atoms with Crippen LogP contribution in [0, 0.1) is 0 Å². The fourth-order valence-electron chi connectivity index (χ4n) is 5.68. The third-order valence-electron chi connectivity index (χ3n) is 7.71. The molecule has 34 heavy (non-hydrogen) atoms. The van der Waals surface area contributed by atoms with Crippen molar-refractivity contribution < 1.29 is 9.53 Å². The van der Waals surface area contributed by atoms with E-state index in [1.807, 2.05) is 27.4 Å². The quantitative estimate of drug-likeness (QED) is 0.615. The Morgan fingerprint density at radius 3 is 2.74 bits per heavy atom. The van der Waals surface area contributed by atoms with Gasteiger partial charge in [0.25, 0.3) is 5.91 Å². The molecule has 1 aromatic heterocycles. The highest BCUT2D eigenvalue weighted by Gasteiger charge is 2.36. The van der Waals surface area contributed by atoms with Gasteiger partial charge in [-0.2, -0.15) is 16.9 Å². The average Bonchev–Trinajstić information content (AvgIpc) is 3.26. The standard InChI is InChI=1S/C27H36N4O2S/c1-2-12-31-24-9-8-22(19-23(24)25(29-31)26(32)30-13-17-34-18-14-30)28-20-27(10-15-33-16-11-27)21-6-4-3-5-7-21/h2-7,22,28H,1,8-20H2. The minimum Gasteiger partial charge on any atom is -0.381 e. The van der Waals surface area contributed by atoms with Crippen LogP contribution in [-0.2, 0) is 29.5 Å². The van der Waals surface area contributed by atoms with Crippen molar-refractivity contribution in [3.05, 3.63) is 65.5 Å². The predicted octanol–water partition coefficient (Wildman–Crippen LogP) is 3.45. The molecule has 1 atom stereocenters. The van der Waals surface area contributed by atoms with E-state index in [9.17, 15) is 4.79 Å². The van der Waals surface area contributed by atoms with Crippen LogP contribution >= 0.6 is 11.8 Å². The summed E-state index contributed by atoms with van der Waals surface area (Å²) in [5.41, 5.74) is 4.54. The van der Waals surface area contributed by atoms with Gasteiger partial charge in [-0.15, -0.1) is 6.58 Å². The van der Waals surface area contributed by atoms with Crippen molar-refractivity contribution in [3.63, 3.8) is 0 Å². The maximum atomic E-state index is 13.4. The smallest absolute Gasteiger partial charge is 0.274 e. The summed E-state index contributed by atoms with van der Waals surface area (Å²) in [6, 6.07) is 11.3. The molecule has 0 spiro atoms. The van der Waals surface area contributed by atoms with Crippen molar-refractivity contribution in [3.8, 4) is 0 Å². The van der Waals surface area contributed by atoms with E-state index in [4.69, 9.17) is 9.84 Å². The summed E-state index contributed by atoms with van der Waals surface area (Å²) in [6.07, 6.45) is 6.81. The first-order chi connectivity index (χ1) is 16.7. The number of aromatic nitrogens is 2. The lowest BCUT2D eigenvalue weighted by Crippen LogP contribution is -2.47. The van der Waals surface area contributed by atoms with Gasteiger partial charge in [-0.05, 0) is 37.7 Å². The average molecular weight is 481 g/mol. The van der Waals surface area contributed by atoms with Crippen LogP contribution in [0.5, 0.6) is 0 Å². The maximum absolute atomic E-state index is 13.4. The Morgan fingerprint density at radius 2 is 2.00 bits per heavy atom. The molecule has 1 unspecified atom stereocenters. The number of rotatable bonds is 7.